The summed E-state index contributed by atoms with van der Waals surface area (Å²) in [5.74, 6) is 0.0242. The molecule has 0 unspecified atom stereocenters. The van der Waals surface area contributed by atoms with Crippen molar-refractivity contribution in [3.63, 3.8) is 0 Å². The van der Waals surface area contributed by atoms with Gasteiger partial charge in [0.15, 0.2) is 0 Å². The Balaban J connectivity index is 2.24. The molecule has 2 rings (SSSR count). The van der Waals surface area contributed by atoms with Crippen LogP contribution in [0, 0.1) is 12.8 Å². The molecule has 0 saturated carbocycles. The van der Waals surface area contributed by atoms with Gasteiger partial charge in [-0.05, 0) is 43.2 Å². The van der Waals surface area contributed by atoms with Crippen LogP contribution in [0.4, 0.5) is 11.4 Å². The van der Waals surface area contributed by atoms with Crippen molar-refractivity contribution in [2.75, 3.05) is 30.9 Å². The molecule has 0 aromatic heterocycles. The van der Waals surface area contributed by atoms with Crippen LogP contribution in [0.1, 0.15) is 40.1 Å². The number of nitrogens with one attached hydrogen (secondary N) is 2. The number of amides is 2. The summed E-state index contributed by atoms with van der Waals surface area (Å²) in [5, 5.41) is 5.80. The molecule has 2 aromatic carbocycles. The normalized spacial score (nSPS) is 10.5. The first kappa shape index (κ1) is 19.5. The fourth-order valence-electron chi connectivity index (χ4n) is 2.49. The molecular weight excluding hydrogens is 326 g/mol. The lowest BCUT2D eigenvalue weighted by molar-refractivity contribution is 0.0948. The molecule has 0 aliphatic heterocycles. The number of rotatable bonds is 6. The van der Waals surface area contributed by atoms with Gasteiger partial charge in [-0.2, -0.15) is 0 Å². The van der Waals surface area contributed by atoms with E-state index in [1.807, 2.05) is 58.0 Å². The van der Waals surface area contributed by atoms with Crippen molar-refractivity contribution in [1.82, 2.24) is 5.32 Å². The van der Waals surface area contributed by atoms with E-state index in [-0.39, 0.29) is 11.8 Å². The summed E-state index contributed by atoms with van der Waals surface area (Å²) in [6.07, 6.45) is 0. The van der Waals surface area contributed by atoms with Gasteiger partial charge in [0.05, 0.1) is 5.56 Å². The molecule has 0 fully saturated rings. The van der Waals surface area contributed by atoms with Gasteiger partial charge in [-0.25, -0.2) is 0 Å². The lowest BCUT2D eigenvalue weighted by Crippen LogP contribution is -2.29. The van der Waals surface area contributed by atoms with E-state index in [1.54, 1.807) is 24.3 Å². The van der Waals surface area contributed by atoms with Crippen LogP contribution in [-0.2, 0) is 0 Å². The second-order valence-electron chi connectivity index (χ2n) is 7.05. The number of benzene rings is 2. The molecule has 2 amide bonds. The molecule has 0 bridgehead atoms. The summed E-state index contributed by atoms with van der Waals surface area (Å²) >= 11 is 0. The number of carbonyl (C=O) groups is 2. The van der Waals surface area contributed by atoms with E-state index in [0.29, 0.717) is 29.3 Å². The van der Waals surface area contributed by atoms with Gasteiger partial charge in [0.1, 0.15) is 0 Å². The fraction of sp³-hybridized carbons (Fsp3) is 0.333. The first-order valence-electron chi connectivity index (χ1n) is 8.75. The molecule has 2 aromatic rings. The number of aryl methyl sites for hydroxylation is 1. The summed E-state index contributed by atoms with van der Waals surface area (Å²) < 4.78 is 0. The average molecular weight is 353 g/mol. The maximum absolute atomic E-state index is 12.6. The summed E-state index contributed by atoms with van der Waals surface area (Å²) in [6.45, 7) is 6.67. The van der Waals surface area contributed by atoms with E-state index < -0.39 is 0 Å². The number of hydrogen-bond acceptors (Lipinski definition) is 3. The molecule has 0 heterocycles. The Bertz CT molecular complexity index is 780. The maximum atomic E-state index is 12.6. The zero-order valence-corrected chi connectivity index (χ0v) is 16.1. The minimum Gasteiger partial charge on any atom is -0.377 e. The maximum Gasteiger partial charge on any atom is 0.255 e. The first-order valence-corrected chi connectivity index (χ1v) is 8.75. The van der Waals surface area contributed by atoms with Crippen molar-refractivity contribution in [3.8, 4) is 0 Å². The van der Waals surface area contributed by atoms with Crippen LogP contribution in [0.3, 0.4) is 0 Å². The van der Waals surface area contributed by atoms with E-state index in [9.17, 15) is 9.59 Å². The Kier molecular flexibility index (Phi) is 6.39. The lowest BCUT2D eigenvalue weighted by Gasteiger charge is -2.19. The van der Waals surface area contributed by atoms with Crippen LogP contribution in [-0.4, -0.2) is 32.5 Å². The van der Waals surface area contributed by atoms with Crippen LogP contribution in [0.15, 0.2) is 42.5 Å². The molecule has 0 saturated heterocycles. The molecule has 138 valence electrons. The van der Waals surface area contributed by atoms with E-state index in [4.69, 9.17) is 0 Å². The second kappa shape index (κ2) is 8.52. The molecule has 5 heteroatoms. The molecule has 0 aliphatic carbocycles. The number of anilines is 2. The standard InChI is InChI=1S/C21H27N3O2/c1-14(2)13-22-21(26)18-12-17(10-11-19(18)24(4)5)23-20(25)16-8-6-15(3)7-9-16/h6-12,14H,13H2,1-5H3,(H,22,26)(H,23,25). The van der Waals surface area contributed by atoms with Gasteiger partial charge in [-0.1, -0.05) is 31.5 Å². The van der Waals surface area contributed by atoms with Crippen molar-refractivity contribution in [2.45, 2.75) is 20.8 Å². The number of nitrogens with zero attached hydrogens (tertiary/aromatic N) is 1. The SMILES string of the molecule is Cc1ccc(C(=O)Nc2ccc(N(C)C)c(C(=O)NCC(C)C)c2)cc1. The highest BCUT2D eigenvalue weighted by atomic mass is 16.2. The van der Waals surface area contributed by atoms with Crippen molar-refractivity contribution < 1.29 is 9.59 Å². The van der Waals surface area contributed by atoms with Crippen LogP contribution < -0.4 is 15.5 Å². The topological polar surface area (TPSA) is 61.4 Å². The van der Waals surface area contributed by atoms with Crippen LogP contribution in [0.25, 0.3) is 0 Å². The summed E-state index contributed by atoms with van der Waals surface area (Å²) in [4.78, 5) is 26.9. The minimum atomic E-state index is -0.198. The highest BCUT2D eigenvalue weighted by Crippen LogP contribution is 2.23. The molecule has 26 heavy (non-hydrogen) atoms. The predicted molar refractivity (Wildman–Crippen MR) is 107 cm³/mol. The smallest absolute Gasteiger partial charge is 0.255 e. The van der Waals surface area contributed by atoms with Gasteiger partial charge < -0.3 is 15.5 Å². The predicted octanol–water partition coefficient (Wildman–Crippen LogP) is 3.70. The molecule has 0 spiro atoms. The Labute approximate surface area is 155 Å². The largest absolute Gasteiger partial charge is 0.377 e. The molecule has 5 nitrogen and oxygen atoms in total. The first-order chi connectivity index (χ1) is 12.3. The van der Waals surface area contributed by atoms with Crippen LogP contribution in [0.2, 0.25) is 0 Å². The molecule has 0 aliphatic rings. The Morgan fingerprint density at radius 2 is 1.65 bits per heavy atom. The Morgan fingerprint density at radius 3 is 2.23 bits per heavy atom. The highest BCUT2D eigenvalue weighted by Gasteiger charge is 2.15. The van der Waals surface area contributed by atoms with Crippen LogP contribution in [0.5, 0.6) is 0 Å². The quantitative estimate of drug-likeness (QED) is 0.832. The average Bonchev–Trinajstić information content (AvgIpc) is 2.59. The van der Waals surface area contributed by atoms with E-state index in [0.717, 1.165) is 11.3 Å². The van der Waals surface area contributed by atoms with E-state index >= 15 is 0 Å². The van der Waals surface area contributed by atoms with E-state index in [2.05, 4.69) is 10.6 Å². The molecule has 2 N–H and O–H groups in total. The van der Waals surface area contributed by atoms with Crippen LogP contribution >= 0.6 is 0 Å². The number of hydrogen-bond donors (Lipinski definition) is 2. The third-order valence-electron chi connectivity index (χ3n) is 3.97. The zero-order chi connectivity index (χ0) is 19.3. The third-order valence-corrected chi connectivity index (χ3v) is 3.97. The van der Waals surface area contributed by atoms with Gasteiger partial charge in [-0.15, -0.1) is 0 Å². The van der Waals surface area contributed by atoms with E-state index in [1.165, 1.54) is 0 Å². The van der Waals surface area contributed by atoms with Gasteiger partial charge in [0, 0.05) is 37.6 Å². The van der Waals surface area contributed by atoms with Crippen molar-refractivity contribution >= 4 is 23.2 Å². The summed E-state index contributed by atoms with van der Waals surface area (Å²) in [6, 6.07) is 12.7. The molecular formula is C21H27N3O2. The molecule has 0 radical (unpaired) electrons. The summed E-state index contributed by atoms with van der Waals surface area (Å²) in [5.41, 5.74) is 3.62. The summed E-state index contributed by atoms with van der Waals surface area (Å²) in [7, 11) is 3.78. The minimum absolute atomic E-state index is 0.145. The molecule has 0 atom stereocenters. The monoisotopic (exact) mass is 353 g/mol. The van der Waals surface area contributed by atoms with Crippen molar-refractivity contribution in [3.05, 3.63) is 59.2 Å². The third kappa shape index (κ3) is 5.09. The fourth-order valence-corrected chi connectivity index (χ4v) is 2.49. The van der Waals surface area contributed by atoms with Crippen molar-refractivity contribution in [2.24, 2.45) is 5.92 Å². The Hall–Kier alpha value is -2.82. The second-order valence-corrected chi connectivity index (χ2v) is 7.05. The van der Waals surface area contributed by atoms with Gasteiger partial charge in [0.25, 0.3) is 11.8 Å². The highest BCUT2D eigenvalue weighted by molar-refractivity contribution is 6.06. The van der Waals surface area contributed by atoms with Gasteiger partial charge in [-0.3, -0.25) is 9.59 Å². The number of carbonyl (C=O) groups excluding carboxylic acids is 2. The van der Waals surface area contributed by atoms with Gasteiger partial charge >= 0.3 is 0 Å². The van der Waals surface area contributed by atoms with Crippen molar-refractivity contribution in [1.29, 1.82) is 0 Å². The van der Waals surface area contributed by atoms with Gasteiger partial charge in [0.2, 0.25) is 0 Å². The Morgan fingerprint density at radius 1 is 1.00 bits per heavy atom. The zero-order valence-electron chi connectivity index (χ0n) is 16.1. The lowest BCUT2D eigenvalue weighted by atomic mass is 10.1.